The van der Waals surface area contributed by atoms with Crippen LogP contribution in [0, 0.1) is 0 Å². The van der Waals surface area contributed by atoms with Crippen molar-refractivity contribution in [3.8, 4) is 5.75 Å². The van der Waals surface area contributed by atoms with Crippen LogP contribution in [0.3, 0.4) is 0 Å². The maximum Gasteiger partial charge on any atom is 0.224 e. The van der Waals surface area contributed by atoms with E-state index in [2.05, 4.69) is 16.0 Å². The number of anilines is 2. The van der Waals surface area contributed by atoms with Gasteiger partial charge in [-0.05, 0) is 59.9 Å². The number of aliphatic hydroxyl groups is 1. The van der Waals surface area contributed by atoms with Crippen molar-refractivity contribution >= 4 is 23.7 Å². The van der Waals surface area contributed by atoms with E-state index < -0.39 is 6.10 Å². The molecule has 2 atom stereocenters. The molecule has 0 aliphatic rings. The first-order chi connectivity index (χ1) is 17.7. The summed E-state index contributed by atoms with van der Waals surface area (Å²) in [5.74, 6) is -0.0860. The molecule has 0 heterocycles. The van der Waals surface area contributed by atoms with Crippen molar-refractivity contribution in [2.24, 2.45) is 0 Å². The van der Waals surface area contributed by atoms with Crippen molar-refractivity contribution in [3.63, 3.8) is 0 Å². The molecule has 2 amide bonds. The largest absolute Gasteiger partial charge is 0.506 e. The standard InChI is InChI=1S/C29H36N4O4/c1-20(30-18-28(36)24-9-12-27(35)26(16-24)32-19-34)13-22-5-4-6-23(14-22)15-29(37)31-17-21-7-10-25(11-8-21)33(2)3/h4-12,14,16,19-20,28,30,35-36H,13,15,17-18H2,1-3H3,(H,31,37)(H,32,34). The molecule has 5 N–H and O–H groups in total. The first-order valence-electron chi connectivity index (χ1n) is 12.3. The summed E-state index contributed by atoms with van der Waals surface area (Å²) in [6, 6.07) is 20.8. The highest BCUT2D eigenvalue weighted by molar-refractivity contribution is 5.78. The molecule has 0 bridgehead atoms. The van der Waals surface area contributed by atoms with Gasteiger partial charge >= 0.3 is 0 Å². The molecule has 3 aromatic carbocycles. The van der Waals surface area contributed by atoms with E-state index >= 15 is 0 Å². The van der Waals surface area contributed by atoms with Gasteiger partial charge in [0.05, 0.1) is 18.2 Å². The van der Waals surface area contributed by atoms with E-state index in [1.807, 2.05) is 74.4 Å². The van der Waals surface area contributed by atoms with E-state index in [0.717, 1.165) is 28.8 Å². The number of nitrogens with one attached hydrogen (secondary N) is 3. The van der Waals surface area contributed by atoms with Crippen LogP contribution in [-0.2, 0) is 29.0 Å². The molecule has 8 nitrogen and oxygen atoms in total. The third kappa shape index (κ3) is 8.63. The Balaban J connectivity index is 1.47. The number of benzene rings is 3. The molecule has 0 aliphatic carbocycles. The van der Waals surface area contributed by atoms with Gasteiger partial charge in [0.1, 0.15) is 5.75 Å². The number of carbonyl (C=O) groups excluding carboxylic acids is 2. The number of nitrogens with zero attached hydrogens (tertiary/aromatic N) is 1. The van der Waals surface area contributed by atoms with E-state index in [0.29, 0.717) is 31.5 Å². The molecular formula is C29H36N4O4. The Bertz CT molecular complexity index is 1180. The molecule has 3 aromatic rings. The lowest BCUT2D eigenvalue weighted by atomic mass is 10.0. The summed E-state index contributed by atoms with van der Waals surface area (Å²) < 4.78 is 0. The molecular weight excluding hydrogens is 468 g/mol. The van der Waals surface area contributed by atoms with Crippen LogP contribution in [0.1, 0.15) is 35.3 Å². The van der Waals surface area contributed by atoms with Crippen LogP contribution < -0.4 is 20.9 Å². The summed E-state index contributed by atoms with van der Waals surface area (Å²) in [7, 11) is 3.99. The Kier molecular flexibility index (Phi) is 10.1. The van der Waals surface area contributed by atoms with Crippen molar-refractivity contribution < 1.29 is 19.8 Å². The molecule has 37 heavy (non-hydrogen) atoms. The Labute approximate surface area is 218 Å². The summed E-state index contributed by atoms with van der Waals surface area (Å²) in [4.78, 5) is 25.2. The maximum absolute atomic E-state index is 12.5. The SMILES string of the molecule is CC(Cc1cccc(CC(=O)NCc2ccc(N(C)C)cc2)c1)NCC(O)c1ccc(O)c(NC=O)c1. The lowest BCUT2D eigenvalue weighted by Crippen LogP contribution is -2.32. The Morgan fingerprint density at radius 3 is 2.43 bits per heavy atom. The van der Waals surface area contributed by atoms with Crippen LogP contribution in [0.2, 0.25) is 0 Å². The van der Waals surface area contributed by atoms with Crippen molar-refractivity contribution in [1.82, 2.24) is 10.6 Å². The van der Waals surface area contributed by atoms with Crippen LogP contribution in [0.4, 0.5) is 11.4 Å². The topological polar surface area (TPSA) is 114 Å². The van der Waals surface area contributed by atoms with Gasteiger partial charge in [0.2, 0.25) is 12.3 Å². The number of carbonyl (C=O) groups is 2. The zero-order valence-corrected chi connectivity index (χ0v) is 21.6. The Morgan fingerprint density at radius 2 is 1.73 bits per heavy atom. The van der Waals surface area contributed by atoms with Gasteiger partial charge in [-0.25, -0.2) is 0 Å². The predicted octanol–water partition coefficient (Wildman–Crippen LogP) is 3.14. The lowest BCUT2D eigenvalue weighted by molar-refractivity contribution is -0.120. The van der Waals surface area contributed by atoms with Gasteiger partial charge in [-0.15, -0.1) is 0 Å². The van der Waals surface area contributed by atoms with Crippen molar-refractivity contribution in [1.29, 1.82) is 0 Å². The Hall–Kier alpha value is -3.88. The molecule has 0 aromatic heterocycles. The monoisotopic (exact) mass is 504 g/mol. The number of amides is 2. The van der Waals surface area contributed by atoms with E-state index in [1.165, 1.54) is 6.07 Å². The number of aliphatic hydroxyl groups excluding tert-OH is 1. The van der Waals surface area contributed by atoms with Crippen LogP contribution in [0.25, 0.3) is 0 Å². The third-order valence-electron chi connectivity index (χ3n) is 6.12. The quantitative estimate of drug-likeness (QED) is 0.181. The van der Waals surface area contributed by atoms with Gasteiger partial charge < -0.3 is 31.1 Å². The first kappa shape index (κ1) is 27.7. The van der Waals surface area contributed by atoms with E-state index in [9.17, 15) is 19.8 Å². The highest BCUT2D eigenvalue weighted by Crippen LogP contribution is 2.26. The highest BCUT2D eigenvalue weighted by Gasteiger charge is 2.13. The fourth-order valence-corrected chi connectivity index (χ4v) is 4.02. The zero-order valence-electron chi connectivity index (χ0n) is 21.6. The summed E-state index contributed by atoms with van der Waals surface area (Å²) in [6.45, 7) is 2.83. The molecule has 0 saturated carbocycles. The average molecular weight is 505 g/mol. The second-order valence-corrected chi connectivity index (χ2v) is 9.40. The van der Waals surface area contributed by atoms with Crippen molar-refractivity contribution in [3.05, 3.63) is 89.0 Å². The molecule has 3 rings (SSSR count). The molecule has 2 unspecified atom stereocenters. The lowest BCUT2D eigenvalue weighted by Gasteiger charge is -2.18. The maximum atomic E-state index is 12.5. The number of hydrogen-bond donors (Lipinski definition) is 5. The molecule has 0 aliphatic heterocycles. The minimum atomic E-state index is -0.802. The average Bonchev–Trinajstić information content (AvgIpc) is 2.88. The van der Waals surface area contributed by atoms with Gasteiger partial charge in [-0.1, -0.05) is 42.5 Å². The van der Waals surface area contributed by atoms with E-state index in [1.54, 1.807) is 12.1 Å². The van der Waals surface area contributed by atoms with Crippen molar-refractivity contribution in [2.45, 2.75) is 38.5 Å². The number of phenolic OH excluding ortho intramolecular Hbond substituents is 1. The normalized spacial score (nSPS) is 12.4. The highest BCUT2D eigenvalue weighted by atomic mass is 16.3. The molecule has 0 saturated heterocycles. The smallest absolute Gasteiger partial charge is 0.224 e. The molecule has 8 heteroatoms. The zero-order chi connectivity index (χ0) is 26.8. The molecule has 0 fully saturated rings. The number of rotatable bonds is 13. The summed E-state index contributed by atoms with van der Waals surface area (Å²) in [5, 5.41) is 29.0. The second kappa shape index (κ2) is 13.4. The molecule has 196 valence electrons. The van der Waals surface area contributed by atoms with Gasteiger partial charge in [-0.3, -0.25) is 9.59 Å². The number of phenols is 1. The number of aromatic hydroxyl groups is 1. The van der Waals surface area contributed by atoms with Crippen LogP contribution >= 0.6 is 0 Å². The second-order valence-electron chi connectivity index (χ2n) is 9.40. The van der Waals surface area contributed by atoms with E-state index in [-0.39, 0.29) is 23.4 Å². The Morgan fingerprint density at radius 1 is 1.00 bits per heavy atom. The minimum absolute atomic E-state index is 0.0273. The van der Waals surface area contributed by atoms with E-state index in [4.69, 9.17) is 0 Å². The van der Waals surface area contributed by atoms with Gasteiger partial charge in [-0.2, -0.15) is 0 Å². The van der Waals surface area contributed by atoms with Crippen LogP contribution in [0.5, 0.6) is 5.75 Å². The minimum Gasteiger partial charge on any atom is -0.506 e. The first-order valence-corrected chi connectivity index (χ1v) is 12.3. The van der Waals surface area contributed by atoms with Gasteiger partial charge in [0.15, 0.2) is 0 Å². The van der Waals surface area contributed by atoms with Gasteiger partial charge in [0, 0.05) is 38.9 Å². The molecule has 0 radical (unpaired) electrons. The fourth-order valence-electron chi connectivity index (χ4n) is 4.02. The summed E-state index contributed by atoms with van der Waals surface area (Å²) >= 11 is 0. The number of hydrogen-bond acceptors (Lipinski definition) is 6. The summed E-state index contributed by atoms with van der Waals surface area (Å²) in [5.41, 5.74) is 5.06. The van der Waals surface area contributed by atoms with Crippen LogP contribution in [0.15, 0.2) is 66.7 Å². The fraction of sp³-hybridized carbons (Fsp3) is 0.310. The van der Waals surface area contributed by atoms with Crippen LogP contribution in [-0.4, -0.2) is 49.2 Å². The van der Waals surface area contributed by atoms with Crippen molar-refractivity contribution in [2.75, 3.05) is 30.9 Å². The molecule has 0 spiro atoms. The predicted molar refractivity (Wildman–Crippen MR) is 147 cm³/mol. The third-order valence-corrected chi connectivity index (χ3v) is 6.12. The summed E-state index contributed by atoms with van der Waals surface area (Å²) in [6.07, 6.45) is 0.716. The van der Waals surface area contributed by atoms with Gasteiger partial charge in [0.25, 0.3) is 0 Å².